The van der Waals surface area contributed by atoms with Crippen molar-refractivity contribution < 1.29 is 18.9 Å². The first-order valence-electron chi connectivity index (χ1n) is 10.7. The van der Waals surface area contributed by atoms with Crippen LogP contribution >= 0.6 is 24.0 Å². The normalized spacial score (nSPS) is 25.0. The van der Waals surface area contributed by atoms with E-state index in [2.05, 4.69) is 15.2 Å². The van der Waals surface area contributed by atoms with Crippen LogP contribution in [0.1, 0.15) is 44.9 Å². The molecule has 1 atom stereocenters. The molecule has 0 aromatic carbocycles. The molecule has 3 heterocycles. The van der Waals surface area contributed by atoms with E-state index < -0.39 is 0 Å². The lowest BCUT2D eigenvalue weighted by atomic mass is 10.1. The van der Waals surface area contributed by atoms with Gasteiger partial charge in [0, 0.05) is 53.1 Å². The molecule has 164 valence electrons. The summed E-state index contributed by atoms with van der Waals surface area (Å²) in [6.45, 7) is 7.01. The smallest absolute Gasteiger partial charge is 0.193 e. The molecule has 0 radical (unpaired) electrons. The van der Waals surface area contributed by atoms with E-state index in [0.29, 0.717) is 18.3 Å². The Kier molecular flexibility index (Phi) is 12.0. The Labute approximate surface area is 186 Å². The molecule has 3 rings (SSSR count). The van der Waals surface area contributed by atoms with Gasteiger partial charge in [-0.2, -0.15) is 0 Å². The predicted molar refractivity (Wildman–Crippen MR) is 121 cm³/mol. The van der Waals surface area contributed by atoms with Crippen molar-refractivity contribution in [1.82, 2.24) is 10.2 Å². The third-order valence-electron chi connectivity index (χ3n) is 5.62. The minimum Gasteiger partial charge on any atom is -0.381 e. The molecular weight excluding hydrogens is 473 g/mol. The van der Waals surface area contributed by atoms with E-state index in [-0.39, 0.29) is 24.0 Å². The fraction of sp³-hybridized carbons (Fsp3) is 0.950. The van der Waals surface area contributed by atoms with E-state index in [4.69, 9.17) is 18.9 Å². The molecule has 8 heteroatoms. The molecule has 0 saturated carbocycles. The van der Waals surface area contributed by atoms with Gasteiger partial charge in [0.15, 0.2) is 5.96 Å². The monoisotopic (exact) mass is 511 g/mol. The van der Waals surface area contributed by atoms with Crippen LogP contribution in [-0.4, -0.2) is 88.9 Å². The molecular formula is C20H38IN3O4. The van der Waals surface area contributed by atoms with Crippen molar-refractivity contribution in [3.63, 3.8) is 0 Å². The number of nitrogens with one attached hydrogen (secondary N) is 1. The highest BCUT2D eigenvalue weighted by molar-refractivity contribution is 14.0. The topological polar surface area (TPSA) is 64.6 Å². The van der Waals surface area contributed by atoms with Gasteiger partial charge in [-0.1, -0.05) is 0 Å². The number of likely N-dealkylation sites (tertiary alicyclic amines) is 1. The van der Waals surface area contributed by atoms with Crippen molar-refractivity contribution in [3.8, 4) is 0 Å². The first-order valence-corrected chi connectivity index (χ1v) is 10.7. The van der Waals surface area contributed by atoms with Crippen LogP contribution in [-0.2, 0) is 18.9 Å². The predicted octanol–water partition coefficient (Wildman–Crippen LogP) is 2.43. The van der Waals surface area contributed by atoms with Crippen molar-refractivity contribution >= 4 is 29.9 Å². The van der Waals surface area contributed by atoms with E-state index in [0.717, 1.165) is 97.2 Å². The van der Waals surface area contributed by atoms with Crippen LogP contribution in [0.4, 0.5) is 0 Å². The van der Waals surface area contributed by atoms with Gasteiger partial charge in [-0.15, -0.1) is 24.0 Å². The standard InChI is InChI=1S/C20H37N3O4.HI/c1-21-20(22-9-3-13-25-18-7-14-24-15-8-18)23-10-5-17(6-11-23)27-16-19-4-2-12-26-19;/h17-19H,2-16H2,1H3,(H,21,22);1H. The van der Waals surface area contributed by atoms with Gasteiger partial charge in [0.05, 0.1) is 24.9 Å². The second-order valence-corrected chi connectivity index (χ2v) is 7.66. The molecule has 0 spiro atoms. The lowest BCUT2D eigenvalue weighted by Crippen LogP contribution is -2.47. The first-order chi connectivity index (χ1) is 13.3. The number of hydrogen-bond donors (Lipinski definition) is 1. The minimum absolute atomic E-state index is 0. The summed E-state index contributed by atoms with van der Waals surface area (Å²) in [7, 11) is 1.86. The lowest BCUT2D eigenvalue weighted by Gasteiger charge is -2.34. The number of nitrogens with zero attached hydrogens (tertiary/aromatic N) is 2. The zero-order chi connectivity index (χ0) is 18.7. The fourth-order valence-electron chi connectivity index (χ4n) is 3.95. The third kappa shape index (κ3) is 8.30. The van der Waals surface area contributed by atoms with Crippen LogP contribution in [0.5, 0.6) is 0 Å². The number of ether oxygens (including phenoxy) is 4. The SMILES string of the molecule is CN=C(NCCCOC1CCOCC1)N1CCC(OCC2CCCO2)CC1.I. The van der Waals surface area contributed by atoms with Crippen molar-refractivity contribution in [2.75, 3.05) is 59.7 Å². The fourth-order valence-corrected chi connectivity index (χ4v) is 3.95. The van der Waals surface area contributed by atoms with Crippen LogP contribution in [0.2, 0.25) is 0 Å². The molecule has 3 fully saturated rings. The summed E-state index contributed by atoms with van der Waals surface area (Å²) in [6.07, 6.45) is 8.54. The Bertz CT molecular complexity index is 435. The Morgan fingerprint density at radius 1 is 1.04 bits per heavy atom. The number of halogens is 1. The van der Waals surface area contributed by atoms with Crippen LogP contribution < -0.4 is 5.32 Å². The van der Waals surface area contributed by atoms with Crippen molar-refractivity contribution in [2.45, 2.75) is 63.3 Å². The van der Waals surface area contributed by atoms with E-state index in [9.17, 15) is 0 Å². The highest BCUT2D eigenvalue weighted by Crippen LogP contribution is 2.18. The van der Waals surface area contributed by atoms with Gasteiger partial charge in [-0.25, -0.2) is 0 Å². The Morgan fingerprint density at radius 3 is 2.46 bits per heavy atom. The van der Waals surface area contributed by atoms with Gasteiger partial charge in [0.25, 0.3) is 0 Å². The highest BCUT2D eigenvalue weighted by atomic mass is 127. The maximum atomic E-state index is 6.06. The summed E-state index contributed by atoms with van der Waals surface area (Å²) in [5.41, 5.74) is 0. The number of hydrogen-bond acceptors (Lipinski definition) is 5. The third-order valence-corrected chi connectivity index (χ3v) is 5.62. The molecule has 0 amide bonds. The van der Waals surface area contributed by atoms with Crippen LogP contribution in [0.25, 0.3) is 0 Å². The Balaban J connectivity index is 0.00000280. The molecule has 3 aliphatic rings. The second-order valence-electron chi connectivity index (χ2n) is 7.66. The molecule has 1 N–H and O–H groups in total. The largest absolute Gasteiger partial charge is 0.381 e. The lowest BCUT2D eigenvalue weighted by molar-refractivity contribution is -0.0368. The summed E-state index contributed by atoms with van der Waals surface area (Å²) in [6, 6.07) is 0. The summed E-state index contributed by atoms with van der Waals surface area (Å²) >= 11 is 0. The summed E-state index contributed by atoms with van der Waals surface area (Å²) in [5.74, 6) is 0.999. The molecule has 3 saturated heterocycles. The van der Waals surface area contributed by atoms with Crippen molar-refractivity contribution in [1.29, 1.82) is 0 Å². The van der Waals surface area contributed by atoms with E-state index in [1.165, 1.54) is 6.42 Å². The molecule has 0 aromatic heterocycles. The molecule has 0 aliphatic carbocycles. The Hall–Kier alpha value is -0.160. The summed E-state index contributed by atoms with van der Waals surface area (Å²) in [5, 5.41) is 3.48. The van der Waals surface area contributed by atoms with Gasteiger partial charge in [0.2, 0.25) is 0 Å². The van der Waals surface area contributed by atoms with E-state index in [1.54, 1.807) is 0 Å². The van der Waals surface area contributed by atoms with Crippen molar-refractivity contribution in [3.05, 3.63) is 0 Å². The zero-order valence-corrected chi connectivity index (χ0v) is 19.6. The quantitative estimate of drug-likeness (QED) is 0.234. The van der Waals surface area contributed by atoms with Gasteiger partial charge in [0.1, 0.15) is 0 Å². The number of piperidine rings is 1. The zero-order valence-electron chi connectivity index (χ0n) is 17.3. The maximum Gasteiger partial charge on any atom is 0.193 e. The van der Waals surface area contributed by atoms with Crippen LogP contribution in [0, 0.1) is 0 Å². The summed E-state index contributed by atoms with van der Waals surface area (Å²) < 4.78 is 23.0. The molecule has 3 aliphatic heterocycles. The molecule has 0 bridgehead atoms. The molecule has 0 aromatic rings. The Morgan fingerprint density at radius 2 is 1.79 bits per heavy atom. The summed E-state index contributed by atoms with van der Waals surface area (Å²) in [4.78, 5) is 6.79. The minimum atomic E-state index is 0. The van der Waals surface area contributed by atoms with Gasteiger partial charge in [-0.05, 0) is 44.9 Å². The number of rotatable bonds is 8. The highest BCUT2D eigenvalue weighted by Gasteiger charge is 2.24. The van der Waals surface area contributed by atoms with Crippen LogP contribution in [0.15, 0.2) is 4.99 Å². The van der Waals surface area contributed by atoms with Gasteiger partial charge >= 0.3 is 0 Å². The number of guanidine groups is 1. The van der Waals surface area contributed by atoms with Gasteiger partial charge in [-0.3, -0.25) is 4.99 Å². The van der Waals surface area contributed by atoms with Crippen molar-refractivity contribution in [2.24, 2.45) is 4.99 Å². The van der Waals surface area contributed by atoms with E-state index >= 15 is 0 Å². The van der Waals surface area contributed by atoms with Gasteiger partial charge < -0.3 is 29.2 Å². The molecule has 1 unspecified atom stereocenters. The second kappa shape index (κ2) is 14.0. The first kappa shape index (κ1) is 24.1. The average Bonchev–Trinajstić information content (AvgIpc) is 3.24. The molecule has 7 nitrogen and oxygen atoms in total. The maximum absolute atomic E-state index is 6.06. The number of aliphatic imine (C=N–C) groups is 1. The van der Waals surface area contributed by atoms with Crippen LogP contribution in [0.3, 0.4) is 0 Å². The van der Waals surface area contributed by atoms with E-state index in [1.807, 2.05) is 7.05 Å². The molecule has 28 heavy (non-hydrogen) atoms. The average molecular weight is 511 g/mol.